The summed E-state index contributed by atoms with van der Waals surface area (Å²) >= 11 is 0. The first-order valence-electron chi connectivity index (χ1n) is 10.5. The van der Waals surface area contributed by atoms with Crippen LogP contribution in [0.5, 0.6) is 0 Å². The first kappa shape index (κ1) is 21.7. The highest BCUT2D eigenvalue weighted by Crippen LogP contribution is 2.14. The highest BCUT2D eigenvalue weighted by molar-refractivity contribution is 5.96. The van der Waals surface area contributed by atoms with Crippen molar-refractivity contribution in [3.05, 3.63) is 42.0 Å². The fourth-order valence-corrected chi connectivity index (χ4v) is 3.25. The van der Waals surface area contributed by atoms with Crippen LogP contribution in [0.4, 0.5) is 0 Å². The average Bonchev–Trinajstić information content (AvgIpc) is 2.65. The fraction of sp³-hybridized carbons (Fsp3) is 0.625. The van der Waals surface area contributed by atoms with Crippen molar-refractivity contribution in [2.45, 2.75) is 96.8 Å². The molecular weight excluding hydrogens is 304 g/mol. The first-order valence-corrected chi connectivity index (χ1v) is 10.5. The molecule has 0 saturated heterocycles. The van der Waals surface area contributed by atoms with Crippen LogP contribution < -0.4 is 0 Å². The smallest absolute Gasteiger partial charge is 0.162 e. The number of carbonyl (C=O) groups excluding carboxylic acids is 1. The zero-order valence-corrected chi connectivity index (χ0v) is 16.4. The van der Waals surface area contributed by atoms with Crippen LogP contribution in [0.15, 0.2) is 30.8 Å². The molecule has 1 heteroatoms. The van der Waals surface area contributed by atoms with Crippen molar-refractivity contribution in [2.75, 3.05) is 0 Å². The molecule has 140 valence electrons. The number of carbonyl (C=O) groups is 1. The molecule has 0 radical (unpaired) electrons. The summed E-state index contributed by atoms with van der Waals surface area (Å²) in [6.07, 6.45) is 19.9. The van der Waals surface area contributed by atoms with Crippen molar-refractivity contribution >= 4 is 11.9 Å². The van der Waals surface area contributed by atoms with Crippen LogP contribution in [-0.4, -0.2) is 5.78 Å². The number of Topliss-reactive ketones (excluding diaryl/α,β-unsaturated/α-hetero) is 1. The third kappa shape index (κ3) is 11.0. The predicted octanol–water partition coefficient (Wildman–Crippen LogP) is 7.99. The predicted molar refractivity (Wildman–Crippen MR) is 111 cm³/mol. The molecule has 1 nitrogen and oxygen atoms in total. The fourth-order valence-electron chi connectivity index (χ4n) is 3.25. The zero-order chi connectivity index (χ0) is 18.2. The largest absolute Gasteiger partial charge is 0.294 e. The molecule has 25 heavy (non-hydrogen) atoms. The molecule has 0 saturated carbocycles. The molecule has 1 rings (SSSR count). The van der Waals surface area contributed by atoms with Crippen molar-refractivity contribution in [2.24, 2.45) is 0 Å². The molecule has 0 fully saturated rings. The second-order valence-corrected chi connectivity index (χ2v) is 7.24. The van der Waals surface area contributed by atoms with E-state index in [1.807, 2.05) is 24.3 Å². The van der Waals surface area contributed by atoms with E-state index in [1.165, 1.54) is 77.0 Å². The maximum absolute atomic E-state index is 12.1. The van der Waals surface area contributed by atoms with Crippen molar-refractivity contribution < 1.29 is 4.79 Å². The van der Waals surface area contributed by atoms with Crippen LogP contribution in [0.2, 0.25) is 0 Å². The van der Waals surface area contributed by atoms with Gasteiger partial charge in [-0.25, -0.2) is 0 Å². The lowest BCUT2D eigenvalue weighted by Crippen LogP contribution is -1.98. The van der Waals surface area contributed by atoms with E-state index in [4.69, 9.17) is 0 Å². The summed E-state index contributed by atoms with van der Waals surface area (Å²) in [5.41, 5.74) is 1.90. The Hall–Kier alpha value is -1.37. The molecule has 0 unspecified atom stereocenters. The van der Waals surface area contributed by atoms with Gasteiger partial charge in [0.25, 0.3) is 0 Å². The van der Waals surface area contributed by atoms with E-state index in [0.717, 1.165) is 17.5 Å². The summed E-state index contributed by atoms with van der Waals surface area (Å²) in [5, 5.41) is 0. The molecule has 0 heterocycles. The van der Waals surface area contributed by atoms with Crippen LogP contribution in [0.25, 0.3) is 6.08 Å². The minimum Gasteiger partial charge on any atom is -0.294 e. The molecule has 0 bridgehead atoms. The molecular formula is C24H38O. The van der Waals surface area contributed by atoms with Gasteiger partial charge in [-0.3, -0.25) is 4.79 Å². The van der Waals surface area contributed by atoms with Crippen molar-refractivity contribution in [3.63, 3.8) is 0 Å². The minimum absolute atomic E-state index is 0.277. The maximum atomic E-state index is 12.1. The van der Waals surface area contributed by atoms with Gasteiger partial charge < -0.3 is 0 Å². The Morgan fingerprint density at radius 3 is 1.64 bits per heavy atom. The molecule has 0 aliphatic carbocycles. The number of unbranched alkanes of at least 4 members (excludes halogenated alkanes) is 12. The molecule has 0 N–H and O–H groups in total. The minimum atomic E-state index is 0.277. The lowest BCUT2D eigenvalue weighted by Gasteiger charge is -2.04. The molecule has 1 aromatic carbocycles. The van der Waals surface area contributed by atoms with Gasteiger partial charge in [0.2, 0.25) is 0 Å². The first-order chi connectivity index (χ1) is 12.3. The van der Waals surface area contributed by atoms with E-state index in [2.05, 4.69) is 13.5 Å². The summed E-state index contributed by atoms with van der Waals surface area (Å²) in [6, 6.07) is 7.76. The zero-order valence-electron chi connectivity index (χ0n) is 16.4. The Balaban J connectivity index is 1.91. The van der Waals surface area contributed by atoms with Crippen molar-refractivity contribution in [1.82, 2.24) is 0 Å². The summed E-state index contributed by atoms with van der Waals surface area (Å²) in [4.78, 5) is 12.1. The van der Waals surface area contributed by atoms with E-state index in [1.54, 1.807) is 6.08 Å². The van der Waals surface area contributed by atoms with Crippen LogP contribution in [0, 0.1) is 0 Å². The average molecular weight is 343 g/mol. The number of hydrogen-bond acceptors (Lipinski definition) is 1. The van der Waals surface area contributed by atoms with E-state index in [9.17, 15) is 4.79 Å². The van der Waals surface area contributed by atoms with Gasteiger partial charge in [-0.1, -0.05) is 121 Å². The lowest BCUT2D eigenvalue weighted by atomic mass is 10.0. The third-order valence-electron chi connectivity index (χ3n) is 4.98. The number of hydrogen-bond donors (Lipinski definition) is 0. The Labute approximate surface area is 155 Å². The second kappa shape index (κ2) is 14.9. The van der Waals surface area contributed by atoms with E-state index in [0.29, 0.717) is 6.42 Å². The van der Waals surface area contributed by atoms with E-state index in [-0.39, 0.29) is 5.78 Å². The molecule has 0 spiro atoms. The van der Waals surface area contributed by atoms with Crippen LogP contribution in [0.1, 0.15) is 113 Å². The topological polar surface area (TPSA) is 17.1 Å². The lowest BCUT2D eigenvalue weighted by molar-refractivity contribution is 0.0979. The monoisotopic (exact) mass is 342 g/mol. The molecule has 0 aromatic heterocycles. The summed E-state index contributed by atoms with van der Waals surface area (Å²) in [7, 11) is 0. The number of ketones is 1. The Bertz CT molecular complexity index is 457. The van der Waals surface area contributed by atoms with Gasteiger partial charge in [-0.05, 0) is 12.0 Å². The highest BCUT2D eigenvalue weighted by atomic mass is 16.1. The van der Waals surface area contributed by atoms with Crippen molar-refractivity contribution in [1.29, 1.82) is 0 Å². The van der Waals surface area contributed by atoms with E-state index >= 15 is 0 Å². The van der Waals surface area contributed by atoms with E-state index < -0.39 is 0 Å². The van der Waals surface area contributed by atoms with Gasteiger partial charge in [0.1, 0.15) is 0 Å². The Morgan fingerprint density at radius 1 is 0.760 bits per heavy atom. The normalized spacial score (nSPS) is 10.8. The van der Waals surface area contributed by atoms with Gasteiger partial charge >= 0.3 is 0 Å². The summed E-state index contributed by atoms with van der Waals surface area (Å²) < 4.78 is 0. The summed E-state index contributed by atoms with van der Waals surface area (Å²) in [5.74, 6) is 0.277. The SMILES string of the molecule is C=Cc1ccc(C(=O)CCCCCCCCCCCCCCC)cc1. The van der Waals surface area contributed by atoms with Crippen molar-refractivity contribution in [3.8, 4) is 0 Å². The van der Waals surface area contributed by atoms with Gasteiger partial charge in [-0.15, -0.1) is 0 Å². The standard InChI is InChI=1S/C24H38O/c1-3-5-6-7-8-9-10-11-12-13-14-15-16-17-24(25)23-20-18-22(4-2)19-21-23/h4,18-21H,2-3,5-17H2,1H3. The summed E-state index contributed by atoms with van der Waals surface area (Å²) in [6.45, 7) is 6.01. The molecule has 0 amide bonds. The molecule has 0 aliphatic rings. The van der Waals surface area contributed by atoms with Gasteiger partial charge in [0.15, 0.2) is 5.78 Å². The Morgan fingerprint density at radius 2 is 1.20 bits per heavy atom. The quantitative estimate of drug-likeness (QED) is 0.220. The Kier molecular flexibility index (Phi) is 12.9. The number of rotatable bonds is 16. The van der Waals surface area contributed by atoms with Crippen LogP contribution in [0.3, 0.4) is 0 Å². The molecule has 1 aromatic rings. The molecule has 0 aliphatic heterocycles. The maximum Gasteiger partial charge on any atom is 0.162 e. The third-order valence-corrected chi connectivity index (χ3v) is 4.98. The number of benzene rings is 1. The van der Waals surface area contributed by atoms with Gasteiger partial charge in [-0.2, -0.15) is 0 Å². The van der Waals surface area contributed by atoms with Crippen LogP contribution >= 0.6 is 0 Å². The second-order valence-electron chi connectivity index (χ2n) is 7.24. The van der Waals surface area contributed by atoms with Crippen LogP contribution in [-0.2, 0) is 0 Å². The molecule has 0 atom stereocenters. The van der Waals surface area contributed by atoms with Gasteiger partial charge in [0, 0.05) is 12.0 Å². The van der Waals surface area contributed by atoms with Gasteiger partial charge in [0.05, 0.1) is 0 Å². The highest BCUT2D eigenvalue weighted by Gasteiger charge is 2.04.